The molecule has 1 aromatic carbocycles. The fourth-order valence-corrected chi connectivity index (χ4v) is 1.03. The van der Waals surface area contributed by atoms with Gasteiger partial charge in [-0.25, -0.2) is 0 Å². The van der Waals surface area contributed by atoms with E-state index in [1.165, 1.54) is 0 Å². The van der Waals surface area contributed by atoms with Crippen molar-refractivity contribution in [1.29, 1.82) is 0 Å². The van der Waals surface area contributed by atoms with Gasteiger partial charge in [0.2, 0.25) is 0 Å². The van der Waals surface area contributed by atoms with Crippen LogP contribution >= 0.6 is 24.0 Å². The SMILES string of the molecule is COc1ccc(Cl)c(CN)c1.Cl. The number of rotatable bonds is 2. The van der Waals surface area contributed by atoms with Gasteiger partial charge in [-0.1, -0.05) is 11.6 Å². The summed E-state index contributed by atoms with van der Waals surface area (Å²) in [6.45, 7) is 0.441. The number of methoxy groups -OCH3 is 1. The molecule has 0 spiro atoms. The zero-order chi connectivity index (χ0) is 8.27. The maximum Gasteiger partial charge on any atom is 0.119 e. The average Bonchev–Trinajstić information content (AvgIpc) is 2.05. The summed E-state index contributed by atoms with van der Waals surface area (Å²) < 4.78 is 5.00. The highest BCUT2D eigenvalue weighted by atomic mass is 35.5. The van der Waals surface area contributed by atoms with E-state index < -0.39 is 0 Å². The molecule has 1 aromatic rings. The molecule has 0 bridgehead atoms. The van der Waals surface area contributed by atoms with Gasteiger partial charge in [-0.3, -0.25) is 0 Å². The molecule has 68 valence electrons. The minimum atomic E-state index is 0. The molecular formula is C8H11Cl2NO. The van der Waals surface area contributed by atoms with E-state index >= 15 is 0 Å². The molecular weight excluding hydrogens is 197 g/mol. The molecule has 0 aromatic heterocycles. The van der Waals surface area contributed by atoms with Crippen LogP contribution < -0.4 is 10.5 Å². The maximum absolute atomic E-state index is 5.82. The molecule has 12 heavy (non-hydrogen) atoms. The van der Waals surface area contributed by atoms with Crippen LogP contribution in [0.4, 0.5) is 0 Å². The number of hydrogen-bond donors (Lipinski definition) is 1. The molecule has 0 heterocycles. The highest BCUT2D eigenvalue weighted by molar-refractivity contribution is 6.31. The Labute approximate surface area is 83.1 Å². The second-order valence-corrected chi connectivity index (χ2v) is 2.57. The van der Waals surface area contributed by atoms with Crippen LogP contribution in [0.5, 0.6) is 5.75 Å². The highest BCUT2D eigenvalue weighted by Gasteiger charge is 1.98. The van der Waals surface area contributed by atoms with Crippen LogP contribution in [-0.2, 0) is 6.54 Å². The Morgan fingerprint density at radius 1 is 1.50 bits per heavy atom. The molecule has 2 nitrogen and oxygen atoms in total. The average molecular weight is 208 g/mol. The van der Waals surface area contributed by atoms with Crippen molar-refractivity contribution in [2.75, 3.05) is 7.11 Å². The summed E-state index contributed by atoms with van der Waals surface area (Å²) >= 11 is 5.82. The topological polar surface area (TPSA) is 35.2 Å². The van der Waals surface area contributed by atoms with Crippen molar-refractivity contribution in [3.05, 3.63) is 28.8 Å². The van der Waals surface area contributed by atoms with Gasteiger partial charge in [0.1, 0.15) is 5.75 Å². The highest BCUT2D eigenvalue weighted by Crippen LogP contribution is 2.20. The smallest absolute Gasteiger partial charge is 0.119 e. The third-order valence-corrected chi connectivity index (χ3v) is 1.84. The third-order valence-electron chi connectivity index (χ3n) is 1.47. The normalized spacial score (nSPS) is 8.92. The van der Waals surface area contributed by atoms with Crippen molar-refractivity contribution >= 4 is 24.0 Å². The summed E-state index contributed by atoms with van der Waals surface area (Å²) in [5, 5.41) is 0.688. The van der Waals surface area contributed by atoms with E-state index in [1.54, 1.807) is 13.2 Å². The number of benzene rings is 1. The largest absolute Gasteiger partial charge is 0.497 e. The van der Waals surface area contributed by atoms with E-state index in [0.717, 1.165) is 11.3 Å². The molecule has 0 aliphatic carbocycles. The van der Waals surface area contributed by atoms with Gasteiger partial charge >= 0.3 is 0 Å². The molecule has 4 heteroatoms. The van der Waals surface area contributed by atoms with Gasteiger partial charge in [-0.05, 0) is 23.8 Å². The van der Waals surface area contributed by atoms with Crippen LogP contribution in [0.2, 0.25) is 5.02 Å². The van der Waals surface area contributed by atoms with Crippen molar-refractivity contribution in [2.45, 2.75) is 6.54 Å². The fourth-order valence-electron chi connectivity index (χ4n) is 0.835. The maximum atomic E-state index is 5.82. The summed E-state index contributed by atoms with van der Waals surface area (Å²) in [5.74, 6) is 0.787. The molecule has 1 rings (SSSR count). The summed E-state index contributed by atoms with van der Waals surface area (Å²) in [5.41, 5.74) is 6.34. The predicted octanol–water partition coefficient (Wildman–Crippen LogP) is 2.23. The molecule has 0 saturated heterocycles. The van der Waals surface area contributed by atoms with E-state index in [-0.39, 0.29) is 12.4 Å². The Bertz CT molecular complexity index is 253. The molecule has 0 fully saturated rings. The van der Waals surface area contributed by atoms with E-state index in [4.69, 9.17) is 22.1 Å². The van der Waals surface area contributed by atoms with Gasteiger partial charge in [-0.15, -0.1) is 12.4 Å². The lowest BCUT2D eigenvalue weighted by Gasteiger charge is -2.03. The molecule has 0 atom stereocenters. The van der Waals surface area contributed by atoms with Crippen molar-refractivity contribution in [2.24, 2.45) is 5.73 Å². The fraction of sp³-hybridized carbons (Fsp3) is 0.250. The molecule has 0 radical (unpaired) electrons. The first-order valence-corrected chi connectivity index (χ1v) is 3.68. The summed E-state index contributed by atoms with van der Waals surface area (Å²) in [6.07, 6.45) is 0. The van der Waals surface area contributed by atoms with Gasteiger partial charge in [0, 0.05) is 11.6 Å². The monoisotopic (exact) mass is 207 g/mol. The molecule has 0 aliphatic heterocycles. The van der Waals surface area contributed by atoms with Crippen molar-refractivity contribution < 1.29 is 4.74 Å². The van der Waals surface area contributed by atoms with Crippen molar-refractivity contribution in [1.82, 2.24) is 0 Å². The molecule has 0 saturated carbocycles. The van der Waals surface area contributed by atoms with Crippen LogP contribution in [0.1, 0.15) is 5.56 Å². The molecule has 0 amide bonds. The van der Waals surface area contributed by atoms with Gasteiger partial charge in [-0.2, -0.15) is 0 Å². The summed E-state index contributed by atoms with van der Waals surface area (Å²) in [6, 6.07) is 5.42. The van der Waals surface area contributed by atoms with Gasteiger partial charge in [0.15, 0.2) is 0 Å². The number of ether oxygens (including phenoxy) is 1. The lowest BCUT2D eigenvalue weighted by atomic mass is 10.2. The molecule has 0 aliphatic rings. The zero-order valence-electron chi connectivity index (χ0n) is 6.71. The third kappa shape index (κ3) is 2.55. The number of nitrogens with two attached hydrogens (primary N) is 1. The lowest BCUT2D eigenvalue weighted by Crippen LogP contribution is -1.97. The first-order chi connectivity index (χ1) is 5.27. The minimum absolute atomic E-state index is 0. The van der Waals surface area contributed by atoms with E-state index in [9.17, 15) is 0 Å². The zero-order valence-corrected chi connectivity index (χ0v) is 8.28. The van der Waals surface area contributed by atoms with Crippen LogP contribution in [0.25, 0.3) is 0 Å². The Balaban J connectivity index is 0.00000121. The number of halogens is 2. The van der Waals surface area contributed by atoms with Crippen LogP contribution in [0.3, 0.4) is 0 Å². The minimum Gasteiger partial charge on any atom is -0.497 e. The van der Waals surface area contributed by atoms with E-state index in [1.807, 2.05) is 12.1 Å². The quantitative estimate of drug-likeness (QED) is 0.808. The van der Waals surface area contributed by atoms with Crippen LogP contribution in [0.15, 0.2) is 18.2 Å². The Kier molecular flexibility index (Phi) is 5.06. The van der Waals surface area contributed by atoms with Gasteiger partial charge in [0.05, 0.1) is 7.11 Å². The standard InChI is InChI=1S/C8H10ClNO.ClH/c1-11-7-2-3-8(9)6(4-7)5-10;/h2-4H,5,10H2,1H3;1H. The Morgan fingerprint density at radius 2 is 2.17 bits per heavy atom. The number of hydrogen-bond acceptors (Lipinski definition) is 2. The predicted molar refractivity (Wildman–Crippen MR) is 53.1 cm³/mol. The molecule has 0 unspecified atom stereocenters. The molecule has 2 N–H and O–H groups in total. The van der Waals surface area contributed by atoms with E-state index in [0.29, 0.717) is 11.6 Å². The van der Waals surface area contributed by atoms with Gasteiger partial charge < -0.3 is 10.5 Å². The lowest BCUT2D eigenvalue weighted by molar-refractivity contribution is 0.414. The first kappa shape index (κ1) is 11.6. The Morgan fingerprint density at radius 3 is 2.67 bits per heavy atom. The second kappa shape index (κ2) is 5.25. The summed E-state index contributed by atoms with van der Waals surface area (Å²) in [4.78, 5) is 0. The van der Waals surface area contributed by atoms with Crippen LogP contribution in [0, 0.1) is 0 Å². The Hall–Kier alpha value is -0.440. The van der Waals surface area contributed by atoms with Crippen LogP contribution in [-0.4, -0.2) is 7.11 Å². The van der Waals surface area contributed by atoms with Gasteiger partial charge in [0.25, 0.3) is 0 Å². The summed E-state index contributed by atoms with van der Waals surface area (Å²) in [7, 11) is 1.61. The van der Waals surface area contributed by atoms with E-state index in [2.05, 4.69) is 0 Å². The first-order valence-electron chi connectivity index (χ1n) is 3.30. The van der Waals surface area contributed by atoms with Crippen molar-refractivity contribution in [3.63, 3.8) is 0 Å². The second-order valence-electron chi connectivity index (χ2n) is 2.16. The van der Waals surface area contributed by atoms with Crippen molar-refractivity contribution in [3.8, 4) is 5.75 Å².